The predicted molar refractivity (Wildman–Crippen MR) is 128 cm³/mol. The number of carbonyl (C=O) groups is 3. The van der Waals surface area contributed by atoms with E-state index in [4.69, 9.17) is 16.3 Å². The second-order valence-electron chi connectivity index (χ2n) is 9.00. The number of imide groups is 1. The second-order valence-corrected chi connectivity index (χ2v) is 9.40. The average molecular weight is 484 g/mol. The van der Waals surface area contributed by atoms with E-state index >= 15 is 0 Å². The molecule has 2 unspecified atom stereocenters. The Bertz CT molecular complexity index is 1050. The summed E-state index contributed by atoms with van der Waals surface area (Å²) >= 11 is 6.54. The van der Waals surface area contributed by atoms with Crippen LogP contribution in [0.1, 0.15) is 55.7 Å². The predicted octanol–water partition coefficient (Wildman–Crippen LogP) is 3.91. The van der Waals surface area contributed by atoms with Crippen LogP contribution in [-0.2, 0) is 24.5 Å². The van der Waals surface area contributed by atoms with Gasteiger partial charge in [-0.05, 0) is 48.9 Å². The molecule has 1 aromatic heterocycles. The van der Waals surface area contributed by atoms with E-state index in [1.54, 1.807) is 43.8 Å². The largest absolute Gasteiger partial charge is 0.385 e. The monoisotopic (exact) mass is 483 g/mol. The van der Waals surface area contributed by atoms with Crippen LogP contribution >= 0.6 is 11.6 Å². The van der Waals surface area contributed by atoms with Crippen LogP contribution in [0.25, 0.3) is 0 Å². The van der Waals surface area contributed by atoms with Gasteiger partial charge in [0.2, 0.25) is 17.7 Å². The summed E-state index contributed by atoms with van der Waals surface area (Å²) < 4.78 is 5.09. The average Bonchev–Trinajstić information content (AvgIpc) is 3.09. The maximum Gasteiger partial charge on any atom is 0.240 e. The molecule has 0 bridgehead atoms. The lowest BCUT2D eigenvalue weighted by Crippen LogP contribution is -2.46. The summed E-state index contributed by atoms with van der Waals surface area (Å²) in [5.41, 5.74) is 0.209. The van der Waals surface area contributed by atoms with Crippen molar-refractivity contribution >= 4 is 29.3 Å². The van der Waals surface area contributed by atoms with E-state index in [2.05, 4.69) is 4.98 Å². The molecule has 0 aliphatic carbocycles. The van der Waals surface area contributed by atoms with E-state index in [-0.39, 0.29) is 43.1 Å². The Morgan fingerprint density at radius 3 is 2.76 bits per heavy atom. The molecule has 3 heterocycles. The summed E-state index contributed by atoms with van der Waals surface area (Å²) in [6, 6.07) is 10.8. The van der Waals surface area contributed by atoms with Crippen molar-refractivity contribution in [2.24, 2.45) is 0 Å². The number of carbonyl (C=O) groups excluding carboxylic acids is 3. The molecular weight excluding hydrogens is 454 g/mol. The van der Waals surface area contributed by atoms with Crippen molar-refractivity contribution in [1.82, 2.24) is 14.8 Å². The Morgan fingerprint density at radius 2 is 2.03 bits per heavy atom. The molecule has 2 aromatic rings. The van der Waals surface area contributed by atoms with Gasteiger partial charge in [-0.25, -0.2) is 0 Å². The molecular formula is C26H30ClN3O4. The van der Waals surface area contributed by atoms with Gasteiger partial charge in [0.25, 0.3) is 0 Å². The lowest BCUT2D eigenvalue weighted by Gasteiger charge is -2.38. The van der Waals surface area contributed by atoms with Gasteiger partial charge in [0.05, 0.1) is 11.5 Å². The summed E-state index contributed by atoms with van der Waals surface area (Å²) in [5.74, 6) is -0.783. The van der Waals surface area contributed by atoms with Gasteiger partial charge in [-0.15, -0.1) is 0 Å². The number of likely N-dealkylation sites (tertiary alicyclic amines) is 2. The van der Waals surface area contributed by atoms with Crippen LogP contribution in [0.4, 0.5) is 0 Å². The zero-order chi connectivity index (χ0) is 24.1. The van der Waals surface area contributed by atoms with Crippen molar-refractivity contribution in [2.45, 2.75) is 50.0 Å². The smallest absolute Gasteiger partial charge is 0.240 e. The summed E-state index contributed by atoms with van der Waals surface area (Å²) in [7, 11) is 1.58. The summed E-state index contributed by atoms with van der Waals surface area (Å²) in [6.45, 7) is 1.31. The number of halogens is 1. The number of hydrogen-bond donors (Lipinski definition) is 0. The molecule has 0 radical (unpaired) electrons. The summed E-state index contributed by atoms with van der Waals surface area (Å²) in [6.07, 6.45) is 6.63. The number of aromatic nitrogens is 1. The molecule has 2 saturated heterocycles. The molecule has 1 aromatic carbocycles. The van der Waals surface area contributed by atoms with E-state index in [0.29, 0.717) is 30.2 Å². The zero-order valence-corrected chi connectivity index (χ0v) is 20.2. The molecule has 8 heteroatoms. The Kier molecular flexibility index (Phi) is 7.63. The number of benzene rings is 1. The number of hydrogen-bond acceptors (Lipinski definition) is 5. The normalized spacial score (nSPS) is 22.9. The highest BCUT2D eigenvalue weighted by Crippen LogP contribution is 2.44. The van der Waals surface area contributed by atoms with Crippen molar-refractivity contribution in [3.8, 4) is 0 Å². The highest BCUT2D eigenvalue weighted by atomic mass is 35.5. The SMILES string of the molecule is COCCCN1C(=O)CC(CC(=O)N2CCCCC2c2cccnc2)(c2ccccc2Cl)C1=O. The molecule has 34 heavy (non-hydrogen) atoms. The molecule has 0 N–H and O–H groups in total. The van der Waals surface area contributed by atoms with E-state index in [1.165, 1.54) is 4.90 Å². The highest BCUT2D eigenvalue weighted by molar-refractivity contribution is 6.32. The van der Waals surface area contributed by atoms with Crippen molar-refractivity contribution in [3.05, 3.63) is 64.9 Å². The van der Waals surface area contributed by atoms with Crippen LogP contribution in [0, 0.1) is 0 Å². The highest BCUT2D eigenvalue weighted by Gasteiger charge is 2.55. The first kappa shape index (κ1) is 24.4. The molecule has 0 spiro atoms. The number of nitrogens with zero attached hydrogens (tertiary/aromatic N) is 3. The zero-order valence-electron chi connectivity index (χ0n) is 19.4. The third-order valence-corrected chi connectivity index (χ3v) is 7.20. The third kappa shape index (κ3) is 4.72. The minimum absolute atomic E-state index is 0.0698. The lowest BCUT2D eigenvalue weighted by atomic mass is 9.75. The number of rotatable bonds is 8. The Labute approximate surface area is 205 Å². The molecule has 7 nitrogen and oxygen atoms in total. The van der Waals surface area contributed by atoms with Gasteiger partial charge < -0.3 is 9.64 Å². The van der Waals surface area contributed by atoms with Crippen molar-refractivity contribution in [1.29, 1.82) is 0 Å². The Morgan fingerprint density at radius 1 is 1.21 bits per heavy atom. The number of amides is 3. The van der Waals surface area contributed by atoms with Crippen LogP contribution < -0.4 is 0 Å². The van der Waals surface area contributed by atoms with Crippen molar-refractivity contribution in [2.75, 3.05) is 26.8 Å². The number of piperidine rings is 1. The van der Waals surface area contributed by atoms with Gasteiger partial charge in [-0.3, -0.25) is 24.3 Å². The van der Waals surface area contributed by atoms with Crippen molar-refractivity contribution in [3.63, 3.8) is 0 Å². The second kappa shape index (κ2) is 10.7. The van der Waals surface area contributed by atoms with Crippen LogP contribution in [0.3, 0.4) is 0 Å². The van der Waals surface area contributed by atoms with E-state index in [1.807, 2.05) is 17.0 Å². The molecule has 4 rings (SSSR count). The fourth-order valence-corrected chi connectivity index (χ4v) is 5.51. The maximum atomic E-state index is 13.8. The molecule has 2 atom stereocenters. The Balaban J connectivity index is 1.67. The summed E-state index contributed by atoms with van der Waals surface area (Å²) in [5, 5.41) is 0.387. The van der Waals surface area contributed by atoms with E-state index in [9.17, 15) is 14.4 Å². The van der Waals surface area contributed by atoms with E-state index in [0.717, 1.165) is 24.8 Å². The molecule has 0 saturated carbocycles. The van der Waals surface area contributed by atoms with Crippen LogP contribution in [0.15, 0.2) is 48.8 Å². The molecule has 2 aliphatic rings. The quantitative estimate of drug-likeness (QED) is 0.420. The minimum atomic E-state index is -1.31. The first-order chi connectivity index (χ1) is 16.5. The third-order valence-electron chi connectivity index (χ3n) is 6.87. The molecule has 2 aliphatic heterocycles. The van der Waals surface area contributed by atoms with Gasteiger partial charge in [-0.1, -0.05) is 35.9 Å². The molecule has 2 fully saturated rings. The summed E-state index contributed by atoms with van der Waals surface area (Å²) in [4.78, 5) is 47.9. The van der Waals surface area contributed by atoms with Crippen molar-refractivity contribution < 1.29 is 19.1 Å². The van der Waals surface area contributed by atoms with Gasteiger partial charge in [0.15, 0.2) is 0 Å². The molecule has 3 amide bonds. The Hall–Kier alpha value is -2.77. The topological polar surface area (TPSA) is 79.8 Å². The number of pyridine rings is 1. The van der Waals surface area contributed by atoms with Gasteiger partial charge in [0, 0.05) is 57.1 Å². The first-order valence-electron chi connectivity index (χ1n) is 11.8. The number of ether oxygens (including phenoxy) is 1. The first-order valence-corrected chi connectivity index (χ1v) is 12.1. The van der Waals surface area contributed by atoms with Crippen LogP contribution in [-0.4, -0.2) is 59.3 Å². The minimum Gasteiger partial charge on any atom is -0.385 e. The maximum absolute atomic E-state index is 13.8. The lowest BCUT2D eigenvalue weighted by molar-refractivity contribution is -0.144. The van der Waals surface area contributed by atoms with Gasteiger partial charge >= 0.3 is 0 Å². The standard InChI is InChI=1S/C26H30ClN3O4/c1-34-15-7-14-30-24(32)17-26(25(30)33,20-9-2-3-10-21(20)27)16-23(31)29-13-5-4-11-22(29)19-8-6-12-28-18-19/h2-3,6,8-10,12,18,22H,4-5,7,11,13-17H2,1H3. The number of methoxy groups -OCH3 is 1. The fraction of sp³-hybridized carbons (Fsp3) is 0.462. The van der Waals surface area contributed by atoms with Gasteiger partial charge in [0.1, 0.15) is 0 Å². The fourth-order valence-electron chi connectivity index (χ4n) is 5.20. The van der Waals surface area contributed by atoms with Gasteiger partial charge in [-0.2, -0.15) is 0 Å². The molecule has 180 valence electrons. The van der Waals surface area contributed by atoms with Crippen LogP contribution in [0.5, 0.6) is 0 Å². The van der Waals surface area contributed by atoms with E-state index < -0.39 is 5.41 Å². The van der Waals surface area contributed by atoms with Crippen LogP contribution in [0.2, 0.25) is 5.02 Å².